The van der Waals surface area contributed by atoms with Crippen LogP contribution in [0, 0.1) is 11.8 Å². The Morgan fingerprint density at radius 3 is 2.44 bits per heavy atom. The normalized spacial score (nSPS) is 44.8. The molecule has 0 radical (unpaired) electrons. The van der Waals surface area contributed by atoms with E-state index < -0.39 is 0 Å². The standard InChI is InChI=1S/C14H27NS/c1-10-4-7-14(11(2)8-10)15-12-5-6-13(9-12)16-3/h10-15H,4-9H2,1-3H3. The Kier molecular flexibility index (Phi) is 4.60. The Balaban J connectivity index is 1.77. The second-order valence-electron chi connectivity index (χ2n) is 6.04. The first-order valence-electron chi connectivity index (χ1n) is 6.98. The van der Waals surface area contributed by atoms with Gasteiger partial charge in [0.15, 0.2) is 0 Å². The molecule has 5 unspecified atom stereocenters. The molecule has 0 saturated heterocycles. The molecule has 2 saturated carbocycles. The lowest BCUT2D eigenvalue weighted by Crippen LogP contribution is -2.43. The van der Waals surface area contributed by atoms with Crippen molar-refractivity contribution in [2.45, 2.75) is 69.7 Å². The van der Waals surface area contributed by atoms with E-state index in [1.165, 1.54) is 38.5 Å². The molecule has 0 amide bonds. The molecule has 2 fully saturated rings. The van der Waals surface area contributed by atoms with E-state index in [1.54, 1.807) is 0 Å². The van der Waals surface area contributed by atoms with E-state index in [0.29, 0.717) is 0 Å². The van der Waals surface area contributed by atoms with Gasteiger partial charge in [0, 0.05) is 17.3 Å². The van der Waals surface area contributed by atoms with Crippen molar-refractivity contribution in [3.63, 3.8) is 0 Å². The number of hydrogen-bond donors (Lipinski definition) is 1. The monoisotopic (exact) mass is 241 g/mol. The molecule has 2 rings (SSSR count). The Morgan fingerprint density at radius 2 is 1.81 bits per heavy atom. The van der Waals surface area contributed by atoms with Crippen LogP contribution in [0.5, 0.6) is 0 Å². The van der Waals surface area contributed by atoms with Crippen LogP contribution in [0.2, 0.25) is 0 Å². The van der Waals surface area contributed by atoms with Gasteiger partial charge in [-0.25, -0.2) is 0 Å². The lowest BCUT2D eigenvalue weighted by molar-refractivity contribution is 0.213. The number of rotatable bonds is 3. The molecule has 0 aromatic rings. The topological polar surface area (TPSA) is 12.0 Å². The fourth-order valence-corrected chi connectivity index (χ4v) is 4.32. The summed E-state index contributed by atoms with van der Waals surface area (Å²) < 4.78 is 0. The van der Waals surface area contributed by atoms with Crippen LogP contribution in [0.3, 0.4) is 0 Å². The third-order valence-electron chi connectivity index (χ3n) is 4.60. The van der Waals surface area contributed by atoms with Gasteiger partial charge in [-0.2, -0.15) is 11.8 Å². The summed E-state index contributed by atoms with van der Waals surface area (Å²) in [7, 11) is 0. The van der Waals surface area contributed by atoms with Gasteiger partial charge in [-0.1, -0.05) is 13.8 Å². The van der Waals surface area contributed by atoms with Crippen LogP contribution >= 0.6 is 11.8 Å². The molecule has 0 spiro atoms. The van der Waals surface area contributed by atoms with Gasteiger partial charge in [-0.05, 0) is 56.6 Å². The fraction of sp³-hybridized carbons (Fsp3) is 1.00. The average Bonchev–Trinajstić information content (AvgIpc) is 2.70. The third-order valence-corrected chi connectivity index (χ3v) is 5.69. The van der Waals surface area contributed by atoms with Crippen molar-refractivity contribution >= 4 is 11.8 Å². The zero-order valence-electron chi connectivity index (χ0n) is 11.0. The first-order valence-corrected chi connectivity index (χ1v) is 8.26. The predicted molar refractivity (Wildman–Crippen MR) is 74.0 cm³/mol. The van der Waals surface area contributed by atoms with Gasteiger partial charge in [0.05, 0.1) is 0 Å². The number of hydrogen-bond acceptors (Lipinski definition) is 2. The van der Waals surface area contributed by atoms with Gasteiger partial charge < -0.3 is 5.32 Å². The van der Waals surface area contributed by atoms with E-state index in [9.17, 15) is 0 Å². The second-order valence-corrected chi connectivity index (χ2v) is 7.17. The average molecular weight is 241 g/mol. The van der Waals surface area contributed by atoms with Gasteiger partial charge >= 0.3 is 0 Å². The molecule has 1 N–H and O–H groups in total. The van der Waals surface area contributed by atoms with Crippen molar-refractivity contribution in [2.75, 3.05) is 6.26 Å². The molecule has 1 nitrogen and oxygen atoms in total. The first-order chi connectivity index (χ1) is 7.69. The van der Waals surface area contributed by atoms with Gasteiger partial charge in [0.1, 0.15) is 0 Å². The minimum absolute atomic E-state index is 0.807. The zero-order valence-corrected chi connectivity index (χ0v) is 11.9. The molecule has 2 aliphatic rings. The third kappa shape index (κ3) is 3.16. The molecule has 2 aliphatic carbocycles. The van der Waals surface area contributed by atoms with Crippen LogP contribution in [0.1, 0.15) is 52.4 Å². The highest BCUT2D eigenvalue weighted by molar-refractivity contribution is 7.99. The molecule has 0 aromatic carbocycles. The molecule has 0 heterocycles. The molecular weight excluding hydrogens is 214 g/mol. The maximum Gasteiger partial charge on any atom is 0.00954 e. The second kappa shape index (κ2) is 5.77. The van der Waals surface area contributed by atoms with E-state index >= 15 is 0 Å². The molecule has 5 atom stereocenters. The number of nitrogens with one attached hydrogen (secondary N) is 1. The van der Waals surface area contributed by atoms with Crippen molar-refractivity contribution in [2.24, 2.45) is 11.8 Å². The largest absolute Gasteiger partial charge is 0.311 e. The smallest absolute Gasteiger partial charge is 0.00954 e. The Bertz CT molecular complexity index is 219. The van der Waals surface area contributed by atoms with Crippen LogP contribution in [0.15, 0.2) is 0 Å². The summed E-state index contributed by atoms with van der Waals surface area (Å²) >= 11 is 2.06. The maximum absolute atomic E-state index is 3.94. The van der Waals surface area contributed by atoms with Crippen LogP contribution in [0.25, 0.3) is 0 Å². The summed E-state index contributed by atoms with van der Waals surface area (Å²) in [4.78, 5) is 0. The van der Waals surface area contributed by atoms with Crippen LogP contribution < -0.4 is 5.32 Å². The van der Waals surface area contributed by atoms with Gasteiger partial charge in [-0.3, -0.25) is 0 Å². The Hall–Kier alpha value is 0.310. The lowest BCUT2D eigenvalue weighted by atomic mass is 9.79. The first kappa shape index (κ1) is 12.8. The summed E-state index contributed by atoms with van der Waals surface area (Å²) in [5.74, 6) is 1.84. The quantitative estimate of drug-likeness (QED) is 0.809. The molecule has 0 bridgehead atoms. The minimum Gasteiger partial charge on any atom is -0.311 e. The summed E-state index contributed by atoms with van der Waals surface area (Å²) in [6, 6.07) is 1.63. The molecule has 16 heavy (non-hydrogen) atoms. The highest BCUT2D eigenvalue weighted by Gasteiger charge is 2.30. The Morgan fingerprint density at radius 1 is 1.00 bits per heavy atom. The predicted octanol–water partition coefficient (Wildman–Crippen LogP) is 3.68. The minimum atomic E-state index is 0.807. The van der Waals surface area contributed by atoms with Crippen molar-refractivity contribution in [3.05, 3.63) is 0 Å². The molecule has 0 aliphatic heterocycles. The molecular formula is C14H27NS. The molecule has 2 heteroatoms. The van der Waals surface area contributed by atoms with Crippen molar-refractivity contribution in [3.8, 4) is 0 Å². The van der Waals surface area contributed by atoms with E-state index in [0.717, 1.165) is 29.2 Å². The SMILES string of the molecule is CSC1CCC(NC2CCC(C)CC2C)C1. The van der Waals surface area contributed by atoms with Gasteiger partial charge in [0.25, 0.3) is 0 Å². The molecule has 94 valence electrons. The van der Waals surface area contributed by atoms with Crippen molar-refractivity contribution in [1.82, 2.24) is 5.32 Å². The van der Waals surface area contributed by atoms with E-state index in [4.69, 9.17) is 0 Å². The van der Waals surface area contributed by atoms with E-state index in [1.807, 2.05) is 0 Å². The van der Waals surface area contributed by atoms with Crippen molar-refractivity contribution < 1.29 is 0 Å². The van der Waals surface area contributed by atoms with E-state index in [-0.39, 0.29) is 0 Å². The lowest BCUT2D eigenvalue weighted by Gasteiger charge is -2.35. The summed E-state index contributed by atoms with van der Waals surface area (Å²) in [5.41, 5.74) is 0. The highest BCUT2D eigenvalue weighted by atomic mass is 32.2. The highest BCUT2D eigenvalue weighted by Crippen LogP contribution is 2.32. The van der Waals surface area contributed by atoms with Crippen molar-refractivity contribution in [1.29, 1.82) is 0 Å². The van der Waals surface area contributed by atoms with Gasteiger partial charge in [0.2, 0.25) is 0 Å². The van der Waals surface area contributed by atoms with Crippen LogP contribution in [0.4, 0.5) is 0 Å². The van der Waals surface area contributed by atoms with E-state index in [2.05, 4.69) is 37.2 Å². The van der Waals surface area contributed by atoms with Crippen LogP contribution in [-0.2, 0) is 0 Å². The number of thioether (sulfide) groups is 1. The summed E-state index contributed by atoms with van der Waals surface area (Å²) in [6.45, 7) is 4.85. The summed E-state index contributed by atoms with van der Waals surface area (Å²) in [6.07, 6.45) is 10.8. The van der Waals surface area contributed by atoms with Crippen LogP contribution in [-0.4, -0.2) is 23.6 Å². The molecule has 0 aromatic heterocycles. The van der Waals surface area contributed by atoms with Gasteiger partial charge in [-0.15, -0.1) is 0 Å². The fourth-order valence-electron chi connectivity index (χ4n) is 3.52. The Labute approximate surface area is 105 Å². The maximum atomic E-state index is 3.94. The zero-order chi connectivity index (χ0) is 11.5. The summed E-state index contributed by atoms with van der Waals surface area (Å²) in [5, 5.41) is 4.87.